The number of hydrogen-bond acceptors (Lipinski definition) is 3. The van der Waals surface area contributed by atoms with Gasteiger partial charge in [-0.15, -0.1) is 0 Å². The van der Waals surface area contributed by atoms with E-state index in [1.54, 1.807) is 0 Å². The Balaban J connectivity index is 1.71. The Labute approximate surface area is 159 Å². The Morgan fingerprint density at radius 1 is 1.15 bits per heavy atom. The molecule has 0 unspecified atom stereocenters. The van der Waals surface area contributed by atoms with E-state index in [0.29, 0.717) is 11.6 Å². The predicted octanol–water partition coefficient (Wildman–Crippen LogP) is 3.25. The zero-order valence-corrected chi connectivity index (χ0v) is 15.5. The molecule has 138 valence electrons. The number of benzene rings is 2. The smallest absolute Gasteiger partial charge is 0.234 e. The lowest BCUT2D eigenvalue weighted by molar-refractivity contribution is -0.123. The second-order valence-corrected chi connectivity index (χ2v) is 7.33. The van der Waals surface area contributed by atoms with E-state index in [1.165, 1.54) is 0 Å². The molecule has 2 N–H and O–H groups in total. The van der Waals surface area contributed by atoms with Gasteiger partial charge in [0, 0.05) is 18.2 Å². The minimum Gasteiger partial charge on any atom is -0.396 e. The quantitative estimate of drug-likeness (QED) is 0.818. The molecule has 1 saturated heterocycles. The van der Waals surface area contributed by atoms with Crippen LogP contribution >= 0.6 is 11.6 Å². The van der Waals surface area contributed by atoms with Gasteiger partial charge in [0.25, 0.3) is 0 Å². The second kappa shape index (κ2) is 9.17. The number of likely N-dealkylation sites (tertiary alicyclic amines) is 1. The summed E-state index contributed by atoms with van der Waals surface area (Å²) in [4.78, 5) is 14.8. The average molecular weight is 373 g/mol. The molecule has 0 saturated carbocycles. The summed E-state index contributed by atoms with van der Waals surface area (Å²) in [6.07, 6.45) is 2.06. The van der Waals surface area contributed by atoms with Gasteiger partial charge >= 0.3 is 0 Å². The van der Waals surface area contributed by atoms with Gasteiger partial charge in [-0.25, -0.2) is 0 Å². The number of carbonyl (C=O) groups excluding carboxylic acids is 1. The minimum atomic E-state index is -0.209. The first-order valence-corrected chi connectivity index (χ1v) is 9.46. The highest BCUT2D eigenvalue weighted by Gasteiger charge is 2.23. The molecular formula is C21H25ClN2O2. The Morgan fingerprint density at radius 2 is 1.85 bits per heavy atom. The SMILES string of the molecule is O=C(CN1CCC[C@@H](CO)C1)N[C@H](c1ccccc1)c1ccc(Cl)cc1. The van der Waals surface area contributed by atoms with Crippen molar-refractivity contribution in [2.24, 2.45) is 5.92 Å². The molecular weight excluding hydrogens is 348 g/mol. The largest absolute Gasteiger partial charge is 0.396 e. The molecule has 3 rings (SSSR count). The molecule has 0 bridgehead atoms. The molecule has 2 aromatic carbocycles. The van der Waals surface area contributed by atoms with Crippen molar-refractivity contribution in [3.63, 3.8) is 0 Å². The fourth-order valence-electron chi connectivity index (χ4n) is 3.51. The Hall–Kier alpha value is -1.88. The molecule has 0 aromatic heterocycles. The fourth-order valence-corrected chi connectivity index (χ4v) is 3.64. The molecule has 4 nitrogen and oxygen atoms in total. The first-order chi connectivity index (χ1) is 12.7. The van der Waals surface area contributed by atoms with Crippen molar-refractivity contribution in [2.75, 3.05) is 26.2 Å². The van der Waals surface area contributed by atoms with Crippen LogP contribution in [0.15, 0.2) is 54.6 Å². The number of hydrogen-bond donors (Lipinski definition) is 2. The van der Waals surface area contributed by atoms with Crippen LogP contribution in [-0.4, -0.2) is 42.2 Å². The van der Waals surface area contributed by atoms with Gasteiger partial charge in [0.1, 0.15) is 0 Å². The van der Waals surface area contributed by atoms with E-state index in [4.69, 9.17) is 11.6 Å². The van der Waals surface area contributed by atoms with Gasteiger partial charge < -0.3 is 10.4 Å². The van der Waals surface area contributed by atoms with E-state index in [1.807, 2.05) is 54.6 Å². The van der Waals surface area contributed by atoms with Crippen molar-refractivity contribution >= 4 is 17.5 Å². The maximum Gasteiger partial charge on any atom is 0.234 e. The van der Waals surface area contributed by atoms with E-state index in [-0.39, 0.29) is 24.5 Å². The maximum atomic E-state index is 12.7. The number of piperidine rings is 1. The standard InChI is InChI=1S/C21H25ClN2O2/c22-19-10-8-18(9-11-19)21(17-6-2-1-3-7-17)23-20(26)14-24-12-4-5-16(13-24)15-25/h1-3,6-11,16,21,25H,4-5,12-15H2,(H,23,26)/t16-,21-/m1/s1. The number of aliphatic hydroxyl groups excluding tert-OH is 1. The van der Waals surface area contributed by atoms with E-state index in [2.05, 4.69) is 10.2 Å². The van der Waals surface area contributed by atoms with Crippen molar-refractivity contribution < 1.29 is 9.90 Å². The minimum absolute atomic E-state index is 0.00704. The molecule has 1 fully saturated rings. The summed E-state index contributed by atoms with van der Waals surface area (Å²) >= 11 is 6.01. The molecule has 0 radical (unpaired) electrons. The molecule has 2 atom stereocenters. The van der Waals surface area contributed by atoms with Crippen LogP contribution in [0, 0.1) is 5.92 Å². The molecule has 0 spiro atoms. The molecule has 26 heavy (non-hydrogen) atoms. The van der Waals surface area contributed by atoms with Gasteiger partial charge in [0.2, 0.25) is 5.91 Å². The molecule has 1 aliphatic rings. The van der Waals surface area contributed by atoms with Crippen LogP contribution in [0.3, 0.4) is 0 Å². The van der Waals surface area contributed by atoms with Crippen molar-refractivity contribution in [2.45, 2.75) is 18.9 Å². The highest BCUT2D eigenvalue weighted by molar-refractivity contribution is 6.30. The van der Waals surface area contributed by atoms with Gasteiger partial charge in [0.05, 0.1) is 12.6 Å². The molecule has 0 aliphatic carbocycles. The molecule has 5 heteroatoms. The molecule has 1 amide bonds. The lowest BCUT2D eigenvalue weighted by Gasteiger charge is -2.31. The molecule has 1 aliphatic heterocycles. The van der Waals surface area contributed by atoms with Crippen molar-refractivity contribution in [1.29, 1.82) is 0 Å². The predicted molar refractivity (Wildman–Crippen MR) is 104 cm³/mol. The first-order valence-electron chi connectivity index (χ1n) is 9.08. The van der Waals surface area contributed by atoms with Crippen LogP contribution in [-0.2, 0) is 4.79 Å². The summed E-state index contributed by atoms with van der Waals surface area (Å²) in [5, 5.41) is 13.2. The normalized spacial score (nSPS) is 19.1. The third-order valence-corrected chi connectivity index (χ3v) is 5.12. The highest BCUT2D eigenvalue weighted by Crippen LogP contribution is 2.24. The van der Waals surface area contributed by atoms with E-state index < -0.39 is 0 Å². The summed E-state index contributed by atoms with van der Waals surface area (Å²) < 4.78 is 0. The maximum absolute atomic E-state index is 12.7. The number of amides is 1. The highest BCUT2D eigenvalue weighted by atomic mass is 35.5. The van der Waals surface area contributed by atoms with Gasteiger partial charge in [-0.3, -0.25) is 9.69 Å². The lowest BCUT2D eigenvalue weighted by atomic mass is 9.98. The van der Waals surface area contributed by atoms with Crippen LogP contribution in [0.1, 0.15) is 30.0 Å². The van der Waals surface area contributed by atoms with E-state index in [0.717, 1.165) is 37.1 Å². The number of aliphatic hydroxyl groups is 1. The van der Waals surface area contributed by atoms with E-state index >= 15 is 0 Å². The van der Waals surface area contributed by atoms with E-state index in [9.17, 15) is 9.90 Å². The lowest BCUT2D eigenvalue weighted by Crippen LogP contribution is -2.44. The summed E-state index contributed by atoms with van der Waals surface area (Å²) in [5.74, 6) is 0.269. The van der Waals surface area contributed by atoms with Gasteiger partial charge in [-0.1, -0.05) is 54.1 Å². The van der Waals surface area contributed by atoms with Crippen LogP contribution in [0.5, 0.6) is 0 Å². The van der Waals surface area contributed by atoms with Crippen molar-refractivity contribution in [3.05, 3.63) is 70.7 Å². The summed E-state index contributed by atoms with van der Waals surface area (Å²) in [6, 6.07) is 17.3. The first kappa shape index (κ1) is 18.9. The Bertz CT molecular complexity index is 706. The summed E-state index contributed by atoms with van der Waals surface area (Å²) in [6.45, 7) is 2.23. The monoisotopic (exact) mass is 372 g/mol. The van der Waals surface area contributed by atoms with Crippen LogP contribution in [0.2, 0.25) is 5.02 Å². The third kappa shape index (κ3) is 5.07. The third-order valence-electron chi connectivity index (χ3n) is 4.87. The summed E-state index contributed by atoms with van der Waals surface area (Å²) in [7, 11) is 0. The van der Waals surface area contributed by atoms with Crippen LogP contribution in [0.4, 0.5) is 0 Å². The Kier molecular flexibility index (Phi) is 6.67. The topological polar surface area (TPSA) is 52.6 Å². The van der Waals surface area contributed by atoms with Gasteiger partial charge in [0.15, 0.2) is 0 Å². The number of carbonyl (C=O) groups is 1. The molecule has 1 heterocycles. The van der Waals surface area contributed by atoms with Gasteiger partial charge in [-0.05, 0) is 48.6 Å². The van der Waals surface area contributed by atoms with Gasteiger partial charge in [-0.2, -0.15) is 0 Å². The summed E-state index contributed by atoms with van der Waals surface area (Å²) in [5.41, 5.74) is 2.04. The second-order valence-electron chi connectivity index (χ2n) is 6.89. The fraction of sp³-hybridized carbons (Fsp3) is 0.381. The number of nitrogens with zero attached hydrogens (tertiary/aromatic N) is 1. The van der Waals surface area contributed by atoms with Crippen LogP contribution in [0.25, 0.3) is 0 Å². The number of nitrogens with one attached hydrogen (secondary N) is 1. The number of rotatable bonds is 6. The molecule has 2 aromatic rings. The van der Waals surface area contributed by atoms with Crippen molar-refractivity contribution in [1.82, 2.24) is 10.2 Å². The van der Waals surface area contributed by atoms with Crippen LogP contribution < -0.4 is 5.32 Å². The Morgan fingerprint density at radius 3 is 2.54 bits per heavy atom. The zero-order chi connectivity index (χ0) is 18.4. The number of halogens is 1. The zero-order valence-electron chi connectivity index (χ0n) is 14.8. The average Bonchev–Trinajstić information content (AvgIpc) is 2.68. The van der Waals surface area contributed by atoms with Crippen molar-refractivity contribution in [3.8, 4) is 0 Å².